The van der Waals surface area contributed by atoms with Crippen molar-refractivity contribution in [2.24, 2.45) is 0 Å². The molecule has 1 amide bonds. The zero-order valence-electron chi connectivity index (χ0n) is 22.7. The van der Waals surface area contributed by atoms with Crippen LogP contribution in [-0.4, -0.2) is 77.1 Å². The van der Waals surface area contributed by atoms with Gasteiger partial charge >= 0.3 is 0 Å². The number of hydrogen-bond donors (Lipinski definition) is 4. The number of ether oxygens (including phenoxy) is 2. The number of aromatic nitrogens is 1. The molecule has 214 valence electrons. The van der Waals surface area contributed by atoms with E-state index in [0.717, 1.165) is 31.7 Å². The van der Waals surface area contributed by atoms with Crippen LogP contribution < -0.4 is 25.0 Å². The standard InChI is InChI=1S/C29H36N4O6S/c1-38-24-5-3-4-22(16-24)32-29(36)20-6-9-28(31-18-20)33-14-11-21(12-15-33)30-13-10-23(34)19-39-25-7-8-26(35)27(17-25)40(2)37/h3-9,16-18,21,23,30,34-35H,10-15,19H2,1-2H3,(H,32,36). The molecule has 4 N–H and O–H groups in total. The summed E-state index contributed by atoms with van der Waals surface area (Å²) < 4.78 is 22.5. The SMILES string of the molecule is COc1cccc(NC(=O)c2ccc(N3CCC(NCCC(O)COc4ccc(O)c(S(C)=O)c4)CC3)nc2)c1. The number of phenols is 1. The monoisotopic (exact) mass is 568 g/mol. The van der Waals surface area contributed by atoms with Gasteiger partial charge < -0.3 is 35.2 Å². The number of methoxy groups -OCH3 is 1. The quantitative estimate of drug-likeness (QED) is 0.260. The van der Waals surface area contributed by atoms with E-state index in [2.05, 4.69) is 20.5 Å². The molecular weight excluding hydrogens is 532 g/mol. The summed E-state index contributed by atoms with van der Waals surface area (Å²) >= 11 is 0. The fourth-order valence-electron chi connectivity index (χ4n) is 4.47. The van der Waals surface area contributed by atoms with Gasteiger partial charge in [0.15, 0.2) is 0 Å². The molecule has 3 aromatic rings. The van der Waals surface area contributed by atoms with Crippen LogP contribution in [0.1, 0.15) is 29.6 Å². The minimum absolute atomic E-state index is 0.0373. The van der Waals surface area contributed by atoms with Crippen LogP contribution in [0.3, 0.4) is 0 Å². The topological polar surface area (TPSA) is 133 Å². The second kappa shape index (κ2) is 14.1. The van der Waals surface area contributed by atoms with Crippen molar-refractivity contribution in [1.82, 2.24) is 10.3 Å². The average Bonchev–Trinajstić information content (AvgIpc) is 2.97. The van der Waals surface area contributed by atoms with Gasteiger partial charge in [-0.2, -0.15) is 0 Å². The van der Waals surface area contributed by atoms with E-state index in [1.54, 1.807) is 37.6 Å². The van der Waals surface area contributed by atoms with E-state index in [9.17, 15) is 19.2 Å². The number of amides is 1. The smallest absolute Gasteiger partial charge is 0.257 e. The largest absolute Gasteiger partial charge is 0.507 e. The Morgan fingerprint density at radius 3 is 2.65 bits per heavy atom. The maximum Gasteiger partial charge on any atom is 0.257 e. The second-order valence-corrected chi connectivity index (χ2v) is 11.0. The third-order valence-corrected chi connectivity index (χ3v) is 7.70. The molecule has 2 heterocycles. The lowest BCUT2D eigenvalue weighted by atomic mass is 10.0. The van der Waals surface area contributed by atoms with Gasteiger partial charge in [0.2, 0.25) is 0 Å². The van der Waals surface area contributed by atoms with E-state index < -0.39 is 16.9 Å². The molecule has 0 saturated carbocycles. The van der Waals surface area contributed by atoms with Crippen molar-refractivity contribution in [2.45, 2.75) is 36.3 Å². The predicted molar refractivity (Wildman–Crippen MR) is 155 cm³/mol. The predicted octanol–water partition coefficient (Wildman–Crippen LogP) is 3.17. The van der Waals surface area contributed by atoms with Crippen LogP contribution in [0.25, 0.3) is 0 Å². The molecular formula is C29H36N4O6S. The van der Waals surface area contributed by atoms with Crippen LogP contribution in [0.4, 0.5) is 11.5 Å². The molecule has 0 radical (unpaired) electrons. The number of aliphatic hydroxyl groups is 1. The minimum Gasteiger partial charge on any atom is -0.507 e. The van der Waals surface area contributed by atoms with Crippen molar-refractivity contribution in [1.29, 1.82) is 0 Å². The van der Waals surface area contributed by atoms with Crippen molar-refractivity contribution < 1.29 is 28.7 Å². The molecule has 40 heavy (non-hydrogen) atoms. The summed E-state index contributed by atoms with van der Waals surface area (Å²) in [5.74, 6) is 1.71. The molecule has 0 spiro atoms. The number of nitrogens with one attached hydrogen (secondary N) is 2. The number of benzene rings is 2. The lowest BCUT2D eigenvalue weighted by molar-refractivity contribution is 0.0987. The molecule has 10 nitrogen and oxygen atoms in total. The third-order valence-electron chi connectivity index (χ3n) is 6.75. The molecule has 1 saturated heterocycles. The summed E-state index contributed by atoms with van der Waals surface area (Å²) in [5, 5.41) is 26.4. The number of aliphatic hydroxyl groups excluding tert-OH is 1. The Hall–Kier alpha value is -3.67. The maximum absolute atomic E-state index is 12.6. The van der Waals surface area contributed by atoms with E-state index in [1.165, 1.54) is 18.4 Å². The number of piperidine rings is 1. The summed E-state index contributed by atoms with van der Waals surface area (Å²) in [4.78, 5) is 19.6. The van der Waals surface area contributed by atoms with Crippen molar-refractivity contribution in [3.63, 3.8) is 0 Å². The molecule has 2 unspecified atom stereocenters. The molecule has 0 aliphatic carbocycles. The van der Waals surface area contributed by atoms with Crippen molar-refractivity contribution in [3.05, 3.63) is 66.4 Å². The number of hydrogen-bond acceptors (Lipinski definition) is 9. The molecule has 1 aliphatic rings. The normalized spacial score (nSPS) is 15.3. The van der Waals surface area contributed by atoms with E-state index >= 15 is 0 Å². The molecule has 0 bridgehead atoms. The Morgan fingerprint density at radius 2 is 1.95 bits per heavy atom. The first-order valence-corrected chi connectivity index (χ1v) is 14.8. The Balaban J connectivity index is 1.16. The van der Waals surface area contributed by atoms with E-state index in [-0.39, 0.29) is 18.3 Å². The van der Waals surface area contributed by atoms with Gasteiger partial charge in [-0.05, 0) is 68.3 Å². The van der Waals surface area contributed by atoms with Crippen molar-refractivity contribution >= 4 is 28.2 Å². The Bertz CT molecular complexity index is 1300. The number of nitrogens with zero attached hydrogens (tertiary/aromatic N) is 2. The molecule has 1 aromatic heterocycles. The van der Waals surface area contributed by atoms with Crippen LogP contribution in [-0.2, 0) is 10.8 Å². The average molecular weight is 569 g/mol. The second-order valence-electron chi connectivity index (χ2n) is 9.64. The third kappa shape index (κ3) is 8.17. The number of carbonyl (C=O) groups is 1. The van der Waals surface area contributed by atoms with Gasteiger partial charge in [0, 0.05) is 43.3 Å². The van der Waals surface area contributed by atoms with Crippen molar-refractivity contribution in [2.75, 3.05) is 49.8 Å². The lowest BCUT2D eigenvalue weighted by Gasteiger charge is -2.33. The summed E-state index contributed by atoms with van der Waals surface area (Å²) in [6, 6.07) is 15.8. The fraction of sp³-hybridized carbons (Fsp3) is 0.379. The van der Waals surface area contributed by atoms with Crippen LogP contribution in [0, 0.1) is 0 Å². The summed E-state index contributed by atoms with van der Waals surface area (Å²) in [6.07, 6.45) is 4.85. The Morgan fingerprint density at radius 1 is 1.15 bits per heavy atom. The zero-order valence-corrected chi connectivity index (χ0v) is 23.5. The van der Waals surface area contributed by atoms with Gasteiger partial charge in [-0.25, -0.2) is 4.98 Å². The maximum atomic E-state index is 12.6. The van der Waals surface area contributed by atoms with Gasteiger partial charge in [-0.15, -0.1) is 0 Å². The molecule has 2 atom stereocenters. The zero-order chi connectivity index (χ0) is 28.5. The highest BCUT2D eigenvalue weighted by Crippen LogP contribution is 2.26. The highest BCUT2D eigenvalue weighted by atomic mass is 32.2. The van der Waals surface area contributed by atoms with E-state index in [1.807, 2.05) is 18.2 Å². The summed E-state index contributed by atoms with van der Waals surface area (Å²) in [5.41, 5.74) is 1.14. The van der Waals surface area contributed by atoms with Crippen molar-refractivity contribution in [3.8, 4) is 17.2 Å². The number of anilines is 2. The Labute approximate surface area is 236 Å². The fourth-order valence-corrected chi connectivity index (χ4v) is 5.11. The van der Waals surface area contributed by atoms with Gasteiger partial charge in [-0.1, -0.05) is 6.07 Å². The minimum atomic E-state index is -1.33. The van der Waals surface area contributed by atoms with E-state index in [4.69, 9.17) is 9.47 Å². The highest BCUT2D eigenvalue weighted by Gasteiger charge is 2.20. The van der Waals surface area contributed by atoms with Gasteiger partial charge in [0.05, 0.1) is 34.5 Å². The number of phenolic OH excluding ortho intramolecular Hbond substituents is 1. The number of rotatable bonds is 12. The van der Waals surface area contributed by atoms with Crippen LogP contribution >= 0.6 is 0 Å². The number of carbonyl (C=O) groups excluding carboxylic acids is 1. The van der Waals surface area contributed by atoms with Crippen LogP contribution in [0.15, 0.2) is 65.7 Å². The molecule has 1 aliphatic heterocycles. The van der Waals surface area contributed by atoms with Gasteiger partial charge in [0.25, 0.3) is 5.91 Å². The van der Waals surface area contributed by atoms with Gasteiger partial charge in [-0.3, -0.25) is 9.00 Å². The Kier molecular flexibility index (Phi) is 10.3. The molecule has 2 aromatic carbocycles. The molecule has 1 fully saturated rings. The first-order valence-electron chi connectivity index (χ1n) is 13.2. The number of pyridine rings is 1. The van der Waals surface area contributed by atoms with Crippen LogP contribution in [0.5, 0.6) is 17.2 Å². The van der Waals surface area contributed by atoms with Gasteiger partial charge in [0.1, 0.15) is 29.7 Å². The first-order chi connectivity index (χ1) is 19.3. The highest BCUT2D eigenvalue weighted by molar-refractivity contribution is 7.84. The summed E-state index contributed by atoms with van der Waals surface area (Å²) in [7, 11) is 0.254. The lowest BCUT2D eigenvalue weighted by Crippen LogP contribution is -2.43. The number of aromatic hydroxyl groups is 1. The molecule has 4 rings (SSSR count). The summed E-state index contributed by atoms with van der Waals surface area (Å²) in [6.45, 7) is 2.45. The van der Waals surface area contributed by atoms with E-state index in [0.29, 0.717) is 46.7 Å². The van der Waals surface area contributed by atoms with Crippen LogP contribution in [0.2, 0.25) is 0 Å². The molecule has 11 heteroatoms. The first kappa shape index (κ1) is 29.3.